The first-order chi connectivity index (χ1) is 7.66. The molecule has 0 saturated heterocycles. The van der Waals surface area contributed by atoms with E-state index in [9.17, 15) is 8.78 Å². The van der Waals surface area contributed by atoms with Gasteiger partial charge in [0, 0.05) is 5.56 Å². The number of hydrogen-bond donors (Lipinski definition) is 1. The molecule has 0 saturated carbocycles. The Labute approximate surface area is 103 Å². The monoisotopic (exact) mass is 291 g/mol. The maximum Gasteiger partial charge on any atom is 0.143 e. The van der Waals surface area contributed by atoms with Gasteiger partial charge in [-0.1, -0.05) is 6.92 Å². The number of unbranched alkanes of at least 4 members (excludes halogenated alkanes) is 1. The molecule has 16 heavy (non-hydrogen) atoms. The summed E-state index contributed by atoms with van der Waals surface area (Å²) in [6.07, 6.45) is 2.17. The minimum atomic E-state index is -0.469. The van der Waals surface area contributed by atoms with Gasteiger partial charge in [0.15, 0.2) is 0 Å². The predicted molar refractivity (Wildman–Crippen MR) is 65.5 cm³/mol. The van der Waals surface area contributed by atoms with E-state index in [0.717, 1.165) is 25.9 Å². The van der Waals surface area contributed by atoms with Crippen molar-refractivity contribution in [2.45, 2.75) is 26.2 Å². The van der Waals surface area contributed by atoms with Crippen LogP contribution in [0, 0.1) is 11.6 Å². The van der Waals surface area contributed by atoms with E-state index in [4.69, 9.17) is 0 Å². The fraction of sp³-hybridized carbons (Fsp3) is 0.500. The highest BCUT2D eigenvalue weighted by atomic mass is 79.9. The van der Waals surface area contributed by atoms with Crippen molar-refractivity contribution in [2.24, 2.45) is 0 Å². The number of rotatable bonds is 6. The third-order valence-corrected chi connectivity index (χ3v) is 3.03. The molecule has 0 aliphatic carbocycles. The van der Waals surface area contributed by atoms with Crippen molar-refractivity contribution in [3.05, 3.63) is 33.8 Å². The smallest absolute Gasteiger partial charge is 0.143 e. The normalized spacial score (nSPS) is 10.8. The summed E-state index contributed by atoms with van der Waals surface area (Å²) in [7, 11) is 0. The van der Waals surface area contributed by atoms with Crippen LogP contribution in [-0.2, 0) is 6.42 Å². The molecule has 4 heteroatoms. The summed E-state index contributed by atoms with van der Waals surface area (Å²) >= 11 is 3.06. The molecule has 0 spiro atoms. The van der Waals surface area contributed by atoms with Gasteiger partial charge in [0.1, 0.15) is 11.6 Å². The summed E-state index contributed by atoms with van der Waals surface area (Å²) in [6, 6.07) is 2.69. The number of benzene rings is 1. The second kappa shape index (κ2) is 6.97. The maximum absolute atomic E-state index is 13.5. The van der Waals surface area contributed by atoms with Crippen LogP contribution >= 0.6 is 15.9 Å². The summed E-state index contributed by atoms with van der Waals surface area (Å²) < 4.78 is 27.2. The third-order valence-electron chi connectivity index (χ3n) is 2.42. The van der Waals surface area contributed by atoms with E-state index in [0.29, 0.717) is 10.9 Å². The zero-order chi connectivity index (χ0) is 12.0. The molecule has 1 aromatic rings. The Balaban J connectivity index is 2.50. The molecule has 1 aromatic carbocycles. The van der Waals surface area contributed by atoms with Crippen LogP contribution in [0.3, 0.4) is 0 Å². The van der Waals surface area contributed by atoms with Crippen LogP contribution in [0.5, 0.6) is 0 Å². The molecule has 0 bridgehead atoms. The molecule has 0 fully saturated rings. The Hall–Kier alpha value is -0.480. The molecular weight excluding hydrogens is 276 g/mol. The van der Waals surface area contributed by atoms with Crippen LogP contribution < -0.4 is 5.32 Å². The topological polar surface area (TPSA) is 12.0 Å². The van der Waals surface area contributed by atoms with E-state index in [1.54, 1.807) is 0 Å². The second-order valence-electron chi connectivity index (χ2n) is 3.63. The maximum atomic E-state index is 13.5. The molecule has 0 heterocycles. The minimum Gasteiger partial charge on any atom is -0.317 e. The standard InChI is InChI=1S/C12H16BrF2N/c1-2-16-8-4-3-5-9-11(14)7-6-10(13)12(9)15/h6-7,16H,2-5,8H2,1H3. The first-order valence-electron chi connectivity index (χ1n) is 5.50. The van der Waals surface area contributed by atoms with E-state index in [1.807, 2.05) is 6.92 Å². The van der Waals surface area contributed by atoms with Crippen molar-refractivity contribution in [1.82, 2.24) is 5.32 Å². The lowest BCUT2D eigenvalue weighted by Crippen LogP contribution is -2.14. The SMILES string of the molecule is CCNCCCCc1c(F)ccc(Br)c1F. The summed E-state index contributed by atoms with van der Waals surface area (Å²) in [6.45, 7) is 3.86. The molecule has 0 amide bonds. The van der Waals surface area contributed by atoms with Crippen LogP contribution in [0.25, 0.3) is 0 Å². The lowest BCUT2D eigenvalue weighted by Gasteiger charge is -2.06. The van der Waals surface area contributed by atoms with Crippen LogP contribution in [0.1, 0.15) is 25.3 Å². The molecule has 0 unspecified atom stereocenters. The molecule has 1 rings (SSSR count). The van der Waals surface area contributed by atoms with Gasteiger partial charge in [-0.05, 0) is 60.4 Å². The number of halogens is 3. The van der Waals surface area contributed by atoms with Crippen molar-refractivity contribution in [3.8, 4) is 0 Å². The van der Waals surface area contributed by atoms with Crippen molar-refractivity contribution in [2.75, 3.05) is 13.1 Å². The molecule has 0 aliphatic rings. The van der Waals surface area contributed by atoms with Crippen molar-refractivity contribution in [1.29, 1.82) is 0 Å². The van der Waals surface area contributed by atoms with Gasteiger partial charge in [-0.15, -0.1) is 0 Å². The Morgan fingerprint density at radius 3 is 2.69 bits per heavy atom. The largest absolute Gasteiger partial charge is 0.317 e. The van der Waals surface area contributed by atoms with Gasteiger partial charge in [-0.2, -0.15) is 0 Å². The fourth-order valence-corrected chi connectivity index (χ4v) is 1.90. The van der Waals surface area contributed by atoms with Crippen molar-refractivity contribution >= 4 is 15.9 Å². The molecule has 1 nitrogen and oxygen atoms in total. The van der Waals surface area contributed by atoms with Gasteiger partial charge in [0.2, 0.25) is 0 Å². The molecule has 90 valence electrons. The van der Waals surface area contributed by atoms with Gasteiger partial charge in [0.25, 0.3) is 0 Å². The van der Waals surface area contributed by atoms with Crippen molar-refractivity contribution < 1.29 is 8.78 Å². The zero-order valence-electron chi connectivity index (χ0n) is 9.32. The summed E-state index contributed by atoms with van der Waals surface area (Å²) in [4.78, 5) is 0. The van der Waals surface area contributed by atoms with Crippen molar-refractivity contribution in [3.63, 3.8) is 0 Å². The quantitative estimate of drug-likeness (QED) is 0.623. The fourth-order valence-electron chi connectivity index (χ4n) is 1.53. The Morgan fingerprint density at radius 1 is 1.25 bits per heavy atom. The van der Waals surface area contributed by atoms with Crippen LogP contribution in [0.15, 0.2) is 16.6 Å². The molecule has 0 aliphatic heterocycles. The van der Waals surface area contributed by atoms with Gasteiger partial charge in [-0.3, -0.25) is 0 Å². The molecule has 1 N–H and O–H groups in total. The van der Waals surface area contributed by atoms with E-state index in [2.05, 4.69) is 21.2 Å². The predicted octanol–water partition coefficient (Wildman–Crippen LogP) is 3.66. The van der Waals surface area contributed by atoms with E-state index < -0.39 is 11.6 Å². The lowest BCUT2D eigenvalue weighted by atomic mass is 10.1. The molecule has 0 atom stereocenters. The molecular formula is C12H16BrF2N. The first-order valence-corrected chi connectivity index (χ1v) is 6.29. The van der Waals surface area contributed by atoms with Gasteiger partial charge >= 0.3 is 0 Å². The minimum absolute atomic E-state index is 0.186. The van der Waals surface area contributed by atoms with Crippen LogP contribution in [0.2, 0.25) is 0 Å². The highest BCUT2D eigenvalue weighted by Gasteiger charge is 2.11. The van der Waals surface area contributed by atoms with Gasteiger partial charge in [-0.25, -0.2) is 8.78 Å². The molecule has 0 aromatic heterocycles. The Morgan fingerprint density at radius 2 is 2.00 bits per heavy atom. The summed E-state index contributed by atoms with van der Waals surface area (Å²) in [5.74, 6) is -0.924. The van der Waals surface area contributed by atoms with Crippen LogP contribution in [0.4, 0.5) is 8.78 Å². The summed E-state index contributed by atoms with van der Waals surface area (Å²) in [5.41, 5.74) is 0.186. The van der Waals surface area contributed by atoms with Crippen LogP contribution in [-0.4, -0.2) is 13.1 Å². The Kier molecular flexibility index (Phi) is 5.91. The average Bonchev–Trinajstić information content (AvgIpc) is 2.28. The molecule has 0 radical (unpaired) electrons. The first kappa shape index (κ1) is 13.6. The van der Waals surface area contributed by atoms with E-state index in [-0.39, 0.29) is 5.56 Å². The number of nitrogens with one attached hydrogen (secondary N) is 1. The highest BCUT2D eigenvalue weighted by molar-refractivity contribution is 9.10. The second-order valence-corrected chi connectivity index (χ2v) is 4.49. The third kappa shape index (κ3) is 3.83. The zero-order valence-corrected chi connectivity index (χ0v) is 10.9. The highest BCUT2D eigenvalue weighted by Crippen LogP contribution is 2.22. The number of hydrogen-bond acceptors (Lipinski definition) is 1. The average molecular weight is 292 g/mol. The Bertz CT molecular complexity index is 342. The van der Waals surface area contributed by atoms with Gasteiger partial charge in [0.05, 0.1) is 4.47 Å². The summed E-state index contributed by atoms with van der Waals surface area (Å²) in [5, 5.41) is 3.18. The lowest BCUT2D eigenvalue weighted by molar-refractivity contribution is 0.539. The van der Waals surface area contributed by atoms with E-state index in [1.165, 1.54) is 12.1 Å². The van der Waals surface area contributed by atoms with E-state index >= 15 is 0 Å². The van der Waals surface area contributed by atoms with Gasteiger partial charge < -0.3 is 5.32 Å².